The van der Waals surface area contributed by atoms with Crippen molar-refractivity contribution < 1.29 is 14.2 Å². The minimum absolute atomic E-state index is 0.415. The van der Waals surface area contributed by atoms with E-state index in [0.717, 1.165) is 23.5 Å². The first-order valence-corrected chi connectivity index (χ1v) is 4.99. The van der Waals surface area contributed by atoms with Gasteiger partial charge in [0.2, 0.25) is 0 Å². The van der Waals surface area contributed by atoms with Gasteiger partial charge in [-0.3, -0.25) is 0 Å². The zero-order valence-electron chi connectivity index (χ0n) is 8.73. The molecule has 1 aliphatic heterocycles. The molecule has 1 aliphatic rings. The number of benzene rings is 1. The SMILES string of the molecule is COC(N)c1ccc2c(c1)OCCCO2. The van der Waals surface area contributed by atoms with Crippen LogP contribution in [0.5, 0.6) is 11.5 Å². The largest absolute Gasteiger partial charge is 0.490 e. The molecule has 0 radical (unpaired) electrons. The molecule has 1 aromatic rings. The molecule has 2 N–H and O–H groups in total. The fourth-order valence-corrected chi connectivity index (χ4v) is 1.49. The van der Waals surface area contributed by atoms with Gasteiger partial charge in [-0.25, -0.2) is 0 Å². The lowest BCUT2D eigenvalue weighted by molar-refractivity contribution is 0.109. The Morgan fingerprint density at radius 3 is 2.73 bits per heavy atom. The third-order valence-electron chi connectivity index (χ3n) is 2.35. The molecule has 15 heavy (non-hydrogen) atoms. The fraction of sp³-hybridized carbons (Fsp3) is 0.455. The molecule has 1 atom stereocenters. The molecule has 0 spiro atoms. The Hall–Kier alpha value is -1.26. The van der Waals surface area contributed by atoms with Gasteiger partial charge in [0.1, 0.15) is 6.23 Å². The average molecular weight is 209 g/mol. The molecule has 0 saturated heterocycles. The molecule has 0 aliphatic carbocycles. The van der Waals surface area contributed by atoms with Crippen LogP contribution in [0.4, 0.5) is 0 Å². The monoisotopic (exact) mass is 209 g/mol. The molecule has 0 saturated carbocycles. The summed E-state index contributed by atoms with van der Waals surface area (Å²) in [4.78, 5) is 0. The lowest BCUT2D eigenvalue weighted by atomic mass is 10.2. The third-order valence-corrected chi connectivity index (χ3v) is 2.35. The Morgan fingerprint density at radius 1 is 1.27 bits per heavy atom. The normalized spacial score (nSPS) is 16.9. The third kappa shape index (κ3) is 2.22. The Labute approximate surface area is 88.9 Å². The van der Waals surface area contributed by atoms with Crippen LogP contribution >= 0.6 is 0 Å². The van der Waals surface area contributed by atoms with E-state index < -0.39 is 6.23 Å². The standard InChI is InChI=1S/C11H15NO3/c1-13-11(12)8-3-4-9-10(7-8)15-6-2-5-14-9/h3-4,7,11H,2,5-6,12H2,1H3. The van der Waals surface area contributed by atoms with E-state index in [4.69, 9.17) is 19.9 Å². The van der Waals surface area contributed by atoms with Gasteiger partial charge in [-0.2, -0.15) is 0 Å². The second-order valence-electron chi connectivity index (χ2n) is 3.41. The summed E-state index contributed by atoms with van der Waals surface area (Å²) < 4.78 is 16.1. The molecule has 0 bridgehead atoms. The molecule has 1 heterocycles. The van der Waals surface area contributed by atoms with Crippen LogP contribution < -0.4 is 15.2 Å². The Morgan fingerprint density at radius 2 is 2.00 bits per heavy atom. The van der Waals surface area contributed by atoms with Gasteiger partial charge < -0.3 is 19.9 Å². The van der Waals surface area contributed by atoms with Crippen molar-refractivity contribution >= 4 is 0 Å². The summed E-state index contributed by atoms with van der Waals surface area (Å²) in [5, 5.41) is 0. The fourth-order valence-electron chi connectivity index (χ4n) is 1.49. The highest BCUT2D eigenvalue weighted by Crippen LogP contribution is 2.31. The lowest BCUT2D eigenvalue weighted by Crippen LogP contribution is -2.12. The highest BCUT2D eigenvalue weighted by molar-refractivity contribution is 5.43. The van der Waals surface area contributed by atoms with E-state index in [1.807, 2.05) is 18.2 Å². The zero-order chi connectivity index (χ0) is 10.7. The van der Waals surface area contributed by atoms with Crippen molar-refractivity contribution in [1.82, 2.24) is 0 Å². The van der Waals surface area contributed by atoms with Crippen molar-refractivity contribution in [2.24, 2.45) is 5.73 Å². The number of rotatable bonds is 2. The topological polar surface area (TPSA) is 53.7 Å². The van der Waals surface area contributed by atoms with Gasteiger partial charge in [-0.05, 0) is 17.7 Å². The zero-order valence-corrected chi connectivity index (χ0v) is 8.73. The first kappa shape index (κ1) is 10.3. The highest BCUT2D eigenvalue weighted by atomic mass is 16.5. The van der Waals surface area contributed by atoms with Crippen LogP contribution in [0, 0.1) is 0 Å². The van der Waals surface area contributed by atoms with Gasteiger partial charge >= 0.3 is 0 Å². The van der Waals surface area contributed by atoms with Gasteiger partial charge in [0.15, 0.2) is 11.5 Å². The lowest BCUT2D eigenvalue weighted by Gasteiger charge is -2.13. The minimum Gasteiger partial charge on any atom is -0.490 e. The maximum atomic E-state index is 5.75. The summed E-state index contributed by atoms with van der Waals surface area (Å²) in [6.07, 6.45) is 0.488. The van der Waals surface area contributed by atoms with Gasteiger partial charge in [0.25, 0.3) is 0 Å². The summed E-state index contributed by atoms with van der Waals surface area (Å²) in [6.45, 7) is 1.38. The van der Waals surface area contributed by atoms with Crippen LogP contribution in [0.3, 0.4) is 0 Å². The molecule has 4 nitrogen and oxygen atoms in total. The number of nitrogens with two attached hydrogens (primary N) is 1. The summed E-state index contributed by atoms with van der Waals surface area (Å²) in [5.41, 5.74) is 6.64. The summed E-state index contributed by atoms with van der Waals surface area (Å²) in [7, 11) is 1.58. The molecule has 0 fully saturated rings. The molecule has 2 rings (SSSR count). The van der Waals surface area contributed by atoms with Crippen molar-refractivity contribution in [3.8, 4) is 11.5 Å². The molecule has 0 amide bonds. The Balaban J connectivity index is 2.27. The van der Waals surface area contributed by atoms with Crippen LogP contribution in [0.2, 0.25) is 0 Å². The van der Waals surface area contributed by atoms with E-state index in [0.29, 0.717) is 13.2 Å². The van der Waals surface area contributed by atoms with Crippen LogP contribution in [0.1, 0.15) is 18.2 Å². The second-order valence-corrected chi connectivity index (χ2v) is 3.41. The molecule has 0 aromatic heterocycles. The predicted molar refractivity (Wildman–Crippen MR) is 56.0 cm³/mol. The van der Waals surface area contributed by atoms with E-state index in [1.165, 1.54) is 0 Å². The molecule has 82 valence electrons. The van der Waals surface area contributed by atoms with E-state index >= 15 is 0 Å². The molecular formula is C11H15NO3. The number of hydrogen-bond acceptors (Lipinski definition) is 4. The molecular weight excluding hydrogens is 194 g/mol. The van der Waals surface area contributed by atoms with Crippen molar-refractivity contribution in [2.75, 3.05) is 20.3 Å². The van der Waals surface area contributed by atoms with Gasteiger partial charge in [0.05, 0.1) is 13.2 Å². The predicted octanol–water partition coefficient (Wildman–Crippen LogP) is 1.45. The first-order valence-electron chi connectivity index (χ1n) is 4.99. The van der Waals surface area contributed by atoms with Crippen LogP contribution in [0.25, 0.3) is 0 Å². The van der Waals surface area contributed by atoms with E-state index in [2.05, 4.69) is 0 Å². The first-order chi connectivity index (χ1) is 7.31. The number of methoxy groups -OCH3 is 1. The Kier molecular flexibility index (Phi) is 3.08. The molecule has 1 aromatic carbocycles. The number of fused-ring (bicyclic) bond motifs is 1. The van der Waals surface area contributed by atoms with E-state index in [-0.39, 0.29) is 0 Å². The number of ether oxygens (including phenoxy) is 3. The van der Waals surface area contributed by atoms with Crippen molar-refractivity contribution in [3.63, 3.8) is 0 Å². The van der Waals surface area contributed by atoms with Crippen molar-refractivity contribution in [3.05, 3.63) is 23.8 Å². The van der Waals surface area contributed by atoms with Crippen molar-refractivity contribution in [2.45, 2.75) is 12.6 Å². The summed E-state index contributed by atoms with van der Waals surface area (Å²) in [5.74, 6) is 1.53. The van der Waals surface area contributed by atoms with Crippen molar-refractivity contribution in [1.29, 1.82) is 0 Å². The van der Waals surface area contributed by atoms with Crippen LogP contribution in [0.15, 0.2) is 18.2 Å². The number of hydrogen-bond donors (Lipinski definition) is 1. The van der Waals surface area contributed by atoms with Crippen LogP contribution in [-0.2, 0) is 4.74 Å². The molecule has 1 unspecified atom stereocenters. The highest BCUT2D eigenvalue weighted by Gasteiger charge is 2.13. The van der Waals surface area contributed by atoms with Crippen LogP contribution in [-0.4, -0.2) is 20.3 Å². The van der Waals surface area contributed by atoms with Gasteiger partial charge in [-0.15, -0.1) is 0 Å². The minimum atomic E-state index is -0.415. The quantitative estimate of drug-likeness (QED) is 0.749. The summed E-state index contributed by atoms with van der Waals surface area (Å²) >= 11 is 0. The second kappa shape index (κ2) is 4.51. The van der Waals surface area contributed by atoms with E-state index in [9.17, 15) is 0 Å². The summed E-state index contributed by atoms with van der Waals surface area (Å²) in [6, 6.07) is 5.63. The Bertz CT molecular complexity index is 341. The maximum Gasteiger partial charge on any atom is 0.161 e. The maximum absolute atomic E-state index is 5.75. The smallest absolute Gasteiger partial charge is 0.161 e. The van der Waals surface area contributed by atoms with Gasteiger partial charge in [-0.1, -0.05) is 6.07 Å². The molecule has 4 heteroatoms. The average Bonchev–Trinajstić information content (AvgIpc) is 2.51. The van der Waals surface area contributed by atoms with Gasteiger partial charge in [0, 0.05) is 13.5 Å². The van der Waals surface area contributed by atoms with E-state index in [1.54, 1.807) is 7.11 Å².